The first-order valence-corrected chi connectivity index (χ1v) is 7.77. The summed E-state index contributed by atoms with van der Waals surface area (Å²) in [5, 5.41) is 3.47. The van der Waals surface area contributed by atoms with Crippen molar-refractivity contribution in [1.29, 1.82) is 0 Å². The molecule has 0 radical (unpaired) electrons. The largest absolute Gasteiger partial charge is 0.459 e. The summed E-state index contributed by atoms with van der Waals surface area (Å²) < 4.78 is 5.70. The molecule has 0 bridgehead atoms. The van der Waals surface area contributed by atoms with Crippen molar-refractivity contribution in [2.45, 2.75) is 65.1 Å². The summed E-state index contributed by atoms with van der Waals surface area (Å²) in [5.74, 6) is 0.300. The van der Waals surface area contributed by atoms with Crippen LogP contribution in [0.1, 0.15) is 52.2 Å². The van der Waals surface area contributed by atoms with Crippen LogP contribution < -0.4 is 5.32 Å². The fourth-order valence-corrected chi connectivity index (χ4v) is 3.00. The molecule has 1 N–H and O–H groups in total. The highest BCUT2D eigenvalue weighted by atomic mass is 16.6. The van der Waals surface area contributed by atoms with Crippen molar-refractivity contribution in [3.63, 3.8) is 0 Å². The lowest BCUT2D eigenvalue weighted by Crippen LogP contribution is -2.58. The van der Waals surface area contributed by atoms with Crippen LogP contribution in [0.3, 0.4) is 0 Å². The average molecular weight is 289 g/mol. The minimum absolute atomic E-state index is 0.127. The van der Waals surface area contributed by atoms with E-state index in [-0.39, 0.29) is 5.97 Å². The molecule has 0 spiro atoms. The summed E-state index contributed by atoms with van der Waals surface area (Å²) in [5.41, 5.74) is 1.47. The average Bonchev–Trinajstić information content (AvgIpc) is 2.35. The van der Waals surface area contributed by atoms with Crippen molar-refractivity contribution < 1.29 is 9.53 Å². The van der Waals surface area contributed by atoms with E-state index in [4.69, 9.17) is 4.74 Å². The lowest BCUT2D eigenvalue weighted by molar-refractivity contribution is -0.164. The van der Waals surface area contributed by atoms with Gasteiger partial charge in [0.25, 0.3) is 0 Å². The quantitative estimate of drug-likeness (QED) is 0.866. The maximum absolute atomic E-state index is 12.8. The number of hydrogen-bond donors (Lipinski definition) is 1. The van der Waals surface area contributed by atoms with Gasteiger partial charge in [0.15, 0.2) is 0 Å². The van der Waals surface area contributed by atoms with Gasteiger partial charge in [0.2, 0.25) is 0 Å². The molecule has 1 aliphatic rings. The van der Waals surface area contributed by atoms with Crippen molar-refractivity contribution >= 4 is 5.97 Å². The Morgan fingerprint density at radius 3 is 2.48 bits per heavy atom. The van der Waals surface area contributed by atoms with E-state index in [9.17, 15) is 4.79 Å². The Bertz CT molecular complexity index is 516. The zero-order valence-electron chi connectivity index (χ0n) is 13.8. The Balaban J connectivity index is 2.30. The lowest BCUT2D eigenvalue weighted by atomic mass is 9.79. The van der Waals surface area contributed by atoms with Gasteiger partial charge in [0.1, 0.15) is 11.1 Å². The summed E-state index contributed by atoms with van der Waals surface area (Å²) in [4.78, 5) is 12.8. The Hall–Kier alpha value is -1.35. The zero-order chi connectivity index (χ0) is 15.7. The number of nitrogens with one attached hydrogen (secondary N) is 1. The molecule has 0 fully saturated rings. The highest BCUT2D eigenvalue weighted by molar-refractivity contribution is 5.82. The smallest absolute Gasteiger partial charge is 0.327 e. The van der Waals surface area contributed by atoms with Crippen LogP contribution in [0, 0.1) is 5.92 Å². The lowest BCUT2D eigenvalue weighted by Gasteiger charge is -2.40. The normalized spacial score (nSPS) is 22.0. The van der Waals surface area contributed by atoms with Crippen molar-refractivity contribution in [3.05, 3.63) is 35.4 Å². The van der Waals surface area contributed by atoms with E-state index in [1.165, 1.54) is 11.1 Å². The van der Waals surface area contributed by atoms with E-state index < -0.39 is 11.1 Å². The Labute approximate surface area is 128 Å². The van der Waals surface area contributed by atoms with Gasteiger partial charge in [-0.05, 0) is 44.2 Å². The fraction of sp³-hybridized carbons (Fsp3) is 0.611. The molecule has 3 heteroatoms. The number of carbonyl (C=O) groups is 1. The predicted molar refractivity (Wildman–Crippen MR) is 85.0 cm³/mol. The van der Waals surface area contributed by atoms with Crippen LogP contribution >= 0.6 is 0 Å². The number of rotatable bonds is 3. The van der Waals surface area contributed by atoms with Gasteiger partial charge in [-0.2, -0.15) is 0 Å². The van der Waals surface area contributed by atoms with Crippen LogP contribution in [0.4, 0.5) is 0 Å². The number of esters is 1. The van der Waals surface area contributed by atoms with Crippen LogP contribution in [0.5, 0.6) is 0 Å². The number of ether oxygens (including phenoxy) is 1. The molecule has 3 nitrogen and oxygen atoms in total. The molecule has 2 rings (SSSR count). The van der Waals surface area contributed by atoms with Crippen molar-refractivity contribution in [1.82, 2.24) is 5.32 Å². The van der Waals surface area contributed by atoms with Gasteiger partial charge in [-0.1, -0.05) is 38.1 Å². The molecule has 1 aromatic rings. The third-order valence-electron chi connectivity index (χ3n) is 3.77. The fourth-order valence-electron chi connectivity index (χ4n) is 3.00. The topological polar surface area (TPSA) is 38.3 Å². The maximum atomic E-state index is 12.8. The molecule has 0 aliphatic carbocycles. The monoisotopic (exact) mass is 289 g/mol. The SMILES string of the molecule is CC(C)C[C@]1(C(=O)OC(C)(C)C)Cc2ccccc2CN1. The molecular formula is C18H27NO2. The van der Waals surface area contributed by atoms with Crippen molar-refractivity contribution in [3.8, 4) is 0 Å². The number of benzene rings is 1. The second-order valence-electron chi connectivity index (χ2n) is 7.48. The molecule has 0 saturated heterocycles. The summed E-state index contributed by atoms with van der Waals surface area (Å²) in [6, 6.07) is 8.33. The number of hydrogen-bond acceptors (Lipinski definition) is 3. The summed E-state index contributed by atoms with van der Waals surface area (Å²) in [7, 11) is 0. The maximum Gasteiger partial charge on any atom is 0.327 e. The first kappa shape index (κ1) is 16.0. The van der Waals surface area contributed by atoms with E-state index in [0.717, 1.165) is 13.0 Å². The molecule has 21 heavy (non-hydrogen) atoms. The van der Waals surface area contributed by atoms with E-state index in [1.54, 1.807) is 0 Å². The van der Waals surface area contributed by atoms with Crippen LogP contribution in [-0.4, -0.2) is 17.1 Å². The zero-order valence-corrected chi connectivity index (χ0v) is 13.8. The van der Waals surface area contributed by atoms with Gasteiger partial charge in [0, 0.05) is 13.0 Å². The predicted octanol–water partition coefficient (Wildman–Crippen LogP) is 3.46. The molecule has 0 unspecified atom stereocenters. The third kappa shape index (κ3) is 3.85. The van der Waals surface area contributed by atoms with E-state index >= 15 is 0 Å². The van der Waals surface area contributed by atoms with E-state index in [0.29, 0.717) is 12.3 Å². The Morgan fingerprint density at radius 1 is 1.29 bits per heavy atom. The molecular weight excluding hydrogens is 262 g/mol. The third-order valence-corrected chi connectivity index (χ3v) is 3.77. The first-order valence-electron chi connectivity index (χ1n) is 7.77. The summed E-state index contributed by atoms with van der Waals surface area (Å²) in [6.45, 7) is 10.8. The highest BCUT2D eigenvalue weighted by Gasteiger charge is 2.44. The second kappa shape index (κ2) is 5.80. The summed E-state index contributed by atoms with van der Waals surface area (Å²) in [6.07, 6.45) is 1.49. The molecule has 0 aromatic heterocycles. The highest BCUT2D eigenvalue weighted by Crippen LogP contribution is 2.31. The van der Waals surface area contributed by atoms with Gasteiger partial charge in [-0.25, -0.2) is 0 Å². The molecule has 0 saturated carbocycles. The Morgan fingerprint density at radius 2 is 1.90 bits per heavy atom. The van der Waals surface area contributed by atoms with Gasteiger partial charge in [-0.3, -0.25) is 10.1 Å². The van der Waals surface area contributed by atoms with Gasteiger partial charge in [0.05, 0.1) is 0 Å². The van der Waals surface area contributed by atoms with Gasteiger partial charge in [-0.15, -0.1) is 0 Å². The van der Waals surface area contributed by atoms with Crippen LogP contribution in [0.25, 0.3) is 0 Å². The van der Waals surface area contributed by atoms with Crippen molar-refractivity contribution in [2.24, 2.45) is 5.92 Å². The minimum Gasteiger partial charge on any atom is -0.459 e. The van der Waals surface area contributed by atoms with Gasteiger partial charge < -0.3 is 4.74 Å². The molecule has 1 aliphatic heterocycles. The van der Waals surface area contributed by atoms with Crippen LogP contribution in [0.15, 0.2) is 24.3 Å². The second-order valence-corrected chi connectivity index (χ2v) is 7.48. The van der Waals surface area contributed by atoms with Crippen LogP contribution in [-0.2, 0) is 22.5 Å². The van der Waals surface area contributed by atoms with E-state index in [1.807, 2.05) is 32.9 Å². The molecule has 1 heterocycles. The van der Waals surface area contributed by atoms with Crippen LogP contribution in [0.2, 0.25) is 0 Å². The van der Waals surface area contributed by atoms with Crippen molar-refractivity contribution in [2.75, 3.05) is 0 Å². The molecule has 0 amide bonds. The number of fused-ring (bicyclic) bond motifs is 1. The standard InChI is InChI=1S/C18H27NO2/c1-13(2)10-18(16(20)21-17(3,4)5)11-14-8-6-7-9-15(14)12-19-18/h6-9,13,19H,10-12H2,1-5H3/t18-/m1/s1. The minimum atomic E-state index is -0.601. The first-order chi connectivity index (χ1) is 9.72. The van der Waals surface area contributed by atoms with E-state index in [2.05, 4.69) is 31.3 Å². The number of carbonyl (C=O) groups excluding carboxylic acids is 1. The van der Waals surface area contributed by atoms with Gasteiger partial charge >= 0.3 is 5.97 Å². The molecule has 116 valence electrons. The molecule has 1 atom stereocenters. The summed E-state index contributed by atoms with van der Waals surface area (Å²) >= 11 is 0. The molecule has 1 aromatic carbocycles. The Kier molecular flexibility index (Phi) is 4.43.